The lowest BCUT2D eigenvalue weighted by Crippen LogP contribution is -1.93. The summed E-state index contributed by atoms with van der Waals surface area (Å²) in [6.07, 6.45) is 9.13. The van der Waals surface area contributed by atoms with Gasteiger partial charge in [0.2, 0.25) is 0 Å². The zero-order valence-corrected chi connectivity index (χ0v) is 9.89. The second-order valence-electron chi connectivity index (χ2n) is 3.91. The van der Waals surface area contributed by atoms with E-state index in [4.69, 9.17) is 0 Å². The number of hydrogen-bond donors (Lipinski definition) is 0. The summed E-state index contributed by atoms with van der Waals surface area (Å²) < 4.78 is 1.16. The number of allylic oxidation sites excluding steroid dienone is 1. The molecule has 0 unspecified atom stereocenters. The lowest BCUT2D eigenvalue weighted by Gasteiger charge is -2.13. The highest BCUT2D eigenvalue weighted by molar-refractivity contribution is 9.10. The summed E-state index contributed by atoms with van der Waals surface area (Å²) in [4.78, 5) is 0. The van der Waals surface area contributed by atoms with Crippen LogP contribution in [-0.2, 0) is 0 Å². The molecule has 0 radical (unpaired) electrons. The lowest BCUT2D eigenvalue weighted by atomic mass is 9.93. The Hall–Kier alpha value is -0.560. The van der Waals surface area contributed by atoms with Gasteiger partial charge in [-0.05, 0) is 43.4 Å². The Labute approximate surface area is 94.2 Å². The zero-order chi connectivity index (χ0) is 9.80. The maximum absolute atomic E-state index is 3.45. The predicted octanol–water partition coefficient (Wildman–Crippen LogP) is 4.80. The molecule has 0 aliphatic heterocycles. The molecule has 0 atom stereocenters. The van der Waals surface area contributed by atoms with Crippen LogP contribution in [0.2, 0.25) is 0 Å². The highest BCUT2D eigenvalue weighted by atomic mass is 79.9. The van der Waals surface area contributed by atoms with Gasteiger partial charge in [0, 0.05) is 4.47 Å². The van der Waals surface area contributed by atoms with Crippen molar-refractivity contribution in [1.82, 2.24) is 0 Å². The van der Waals surface area contributed by atoms with Gasteiger partial charge in [0.05, 0.1) is 0 Å². The molecule has 0 amide bonds. The molecule has 0 nitrogen and oxygen atoms in total. The molecule has 2 rings (SSSR count). The molecule has 1 aromatic rings. The van der Waals surface area contributed by atoms with E-state index in [1.165, 1.54) is 37.7 Å². The van der Waals surface area contributed by atoms with Crippen molar-refractivity contribution in [3.8, 4) is 0 Å². The molecule has 0 bridgehead atoms. The van der Waals surface area contributed by atoms with Crippen molar-refractivity contribution in [2.75, 3.05) is 0 Å². The third-order valence-corrected chi connectivity index (χ3v) is 3.27. The van der Waals surface area contributed by atoms with Crippen molar-refractivity contribution in [2.24, 2.45) is 0 Å². The third kappa shape index (κ3) is 2.71. The molecule has 0 N–H and O–H groups in total. The van der Waals surface area contributed by atoms with Crippen LogP contribution in [0.25, 0.3) is 6.08 Å². The Bertz CT molecular complexity index is 314. The zero-order valence-electron chi connectivity index (χ0n) is 8.30. The molecule has 0 aromatic heterocycles. The first kappa shape index (κ1) is 9.97. The van der Waals surface area contributed by atoms with Gasteiger partial charge in [-0.15, -0.1) is 0 Å². The fraction of sp³-hybridized carbons (Fsp3) is 0.385. The fourth-order valence-corrected chi connectivity index (χ4v) is 2.21. The first-order valence-electron chi connectivity index (χ1n) is 5.29. The van der Waals surface area contributed by atoms with Crippen LogP contribution in [0.5, 0.6) is 0 Å². The Morgan fingerprint density at radius 1 is 0.929 bits per heavy atom. The van der Waals surface area contributed by atoms with Crippen LogP contribution in [0.4, 0.5) is 0 Å². The van der Waals surface area contributed by atoms with Crippen LogP contribution in [0, 0.1) is 0 Å². The van der Waals surface area contributed by atoms with Crippen molar-refractivity contribution in [2.45, 2.75) is 32.1 Å². The second-order valence-corrected chi connectivity index (χ2v) is 4.83. The van der Waals surface area contributed by atoms with Crippen molar-refractivity contribution < 1.29 is 0 Å². The van der Waals surface area contributed by atoms with Crippen molar-refractivity contribution in [3.63, 3.8) is 0 Å². The molecule has 1 saturated carbocycles. The summed E-state index contributed by atoms with van der Waals surface area (Å²) in [6.45, 7) is 0. The quantitative estimate of drug-likeness (QED) is 0.672. The monoisotopic (exact) mass is 250 g/mol. The number of benzene rings is 1. The van der Waals surface area contributed by atoms with E-state index in [9.17, 15) is 0 Å². The maximum Gasteiger partial charge on any atom is 0.0175 e. The van der Waals surface area contributed by atoms with Crippen LogP contribution in [0.15, 0.2) is 34.3 Å². The molecule has 1 aliphatic carbocycles. The summed E-state index contributed by atoms with van der Waals surface area (Å²) in [6, 6.07) is 8.56. The lowest BCUT2D eigenvalue weighted by molar-refractivity contribution is 0.602. The standard InChI is InChI=1S/C13H15Br/c14-13-8-6-12(7-9-13)10-11-4-2-1-3-5-11/h6-10H,1-5H2. The van der Waals surface area contributed by atoms with Crippen LogP contribution in [0.1, 0.15) is 37.7 Å². The van der Waals surface area contributed by atoms with E-state index in [-0.39, 0.29) is 0 Å². The van der Waals surface area contributed by atoms with Gasteiger partial charge in [-0.25, -0.2) is 0 Å². The molecule has 1 heteroatoms. The van der Waals surface area contributed by atoms with Crippen LogP contribution in [-0.4, -0.2) is 0 Å². The van der Waals surface area contributed by atoms with Crippen molar-refractivity contribution >= 4 is 22.0 Å². The normalized spacial score (nSPS) is 16.8. The van der Waals surface area contributed by atoms with Gasteiger partial charge in [-0.3, -0.25) is 0 Å². The predicted molar refractivity (Wildman–Crippen MR) is 65.2 cm³/mol. The second kappa shape index (κ2) is 4.79. The van der Waals surface area contributed by atoms with Gasteiger partial charge < -0.3 is 0 Å². The van der Waals surface area contributed by atoms with E-state index in [1.807, 2.05) is 0 Å². The summed E-state index contributed by atoms with van der Waals surface area (Å²) in [5, 5.41) is 0. The Morgan fingerprint density at radius 3 is 2.21 bits per heavy atom. The van der Waals surface area contributed by atoms with E-state index < -0.39 is 0 Å². The largest absolute Gasteiger partial charge is 0.0696 e. The molecule has 1 aliphatic rings. The van der Waals surface area contributed by atoms with Crippen LogP contribution in [0.3, 0.4) is 0 Å². The van der Waals surface area contributed by atoms with Gasteiger partial charge in [-0.1, -0.05) is 46.1 Å². The first-order chi connectivity index (χ1) is 6.84. The highest BCUT2D eigenvalue weighted by Crippen LogP contribution is 2.25. The molecular weight excluding hydrogens is 236 g/mol. The maximum atomic E-state index is 3.45. The van der Waals surface area contributed by atoms with E-state index in [0.717, 1.165) is 4.47 Å². The van der Waals surface area contributed by atoms with Gasteiger partial charge in [0.25, 0.3) is 0 Å². The van der Waals surface area contributed by atoms with Crippen molar-refractivity contribution in [1.29, 1.82) is 0 Å². The van der Waals surface area contributed by atoms with Gasteiger partial charge in [0.15, 0.2) is 0 Å². The van der Waals surface area contributed by atoms with E-state index in [0.29, 0.717) is 0 Å². The van der Waals surface area contributed by atoms with E-state index >= 15 is 0 Å². The van der Waals surface area contributed by atoms with Gasteiger partial charge in [-0.2, -0.15) is 0 Å². The molecule has 1 aromatic carbocycles. The molecule has 0 spiro atoms. The van der Waals surface area contributed by atoms with Crippen LogP contribution >= 0.6 is 15.9 Å². The molecule has 1 fully saturated rings. The van der Waals surface area contributed by atoms with Crippen LogP contribution < -0.4 is 0 Å². The first-order valence-corrected chi connectivity index (χ1v) is 6.09. The molecule has 74 valence electrons. The van der Waals surface area contributed by atoms with Gasteiger partial charge in [0.1, 0.15) is 0 Å². The smallest absolute Gasteiger partial charge is 0.0175 e. The Kier molecular flexibility index (Phi) is 3.41. The SMILES string of the molecule is Brc1ccc(C=C2CCCCC2)cc1. The van der Waals surface area contributed by atoms with Gasteiger partial charge >= 0.3 is 0 Å². The third-order valence-electron chi connectivity index (χ3n) is 2.74. The fourth-order valence-electron chi connectivity index (χ4n) is 1.94. The number of rotatable bonds is 1. The Balaban J connectivity index is 2.11. The summed E-state index contributed by atoms with van der Waals surface area (Å²) in [7, 11) is 0. The highest BCUT2D eigenvalue weighted by Gasteiger charge is 2.04. The average molecular weight is 251 g/mol. The van der Waals surface area contributed by atoms with E-state index in [1.54, 1.807) is 5.57 Å². The minimum Gasteiger partial charge on any atom is -0.0696 e. The summed E-state index contributed by atoms with van der Waals surface area (Å²) in [5.41, 5.74) is 2.96. The average Bonchev–Trinajstić information content (AvgIpc) is 2.23. The molecule has 14 heavy (non-hydrogen) atoms. The molecular formula is C13H15Br. The molecule has 0 saturated heterocycles. The Morgan fingerprint density at radius 2 is 1.57 bits per heavy atom. The number of hydrogen-bond acceptors (Lipinski definition) is 0. The minimum absolute atomic E-state index is 1.16. The minimum atomic E-state index is 1.16. The van der Waals surface area contributed by atoms with Crippen molar-refractivity contribution in [3.05, 3.63) is 39.9 Å². The summed E-state index contributed by atoms with van der Waals surface area (Å²) >= 11 is 3.45. The molecule has 0 heterocycles. The summed E-state index contributed by atoms with van der Waals surface area (Å²) in [5.74, 6) is 0. The topological polar surface area (TPSA) is 0 Å². The number of halogens is 1. The van der Waals surface area contributed by atoms with E-state index in [2.05, 4.69) is 46.3 Å².